The molecule has 0 aliphatic carbocycles. The summed E-state index contributed by atoms with van der Waals surface area (Å²) in [5.74, 6) is 1.08. The normalized spacial score (nSPS) is 27.2. The van der Waals surface area contributed by atoms with Gasteiger partial charge in [-0.2, -0.15) is 0 Å². The van der Waals surface area contributed by atoms with Crippen LogP contribution in [0.15, 0.2) is 29.3 Å². The van der Waals surface area contributed by atoms with E-state index in [1.807, 2.05) is 0 Å². The van der Waals surface area contributed by atoms with E-state index in [0.29, 0.717) is 11.5 Å². The number of ether oxygens (including phenoxy) is 1. The zero-order valence-electron chi connectivity index (χ0n) is 16.6. The first-order valence-corrected chi connectivity index (χ1v) is 10.2. The second-order valence-electron chi connectivity index (χ2n) is 8.09. The van der Waals surface area contributed by atoms with Crippen LogP contribution in [0.2, 0.25) is 0 Å². The Morgan fingerprint density at radius 1 is 1.33 bits per heavy atom. The second kappa shape index (κ2) is 8.99. The van der Waals surface area contributed by atoms with Crippen LogP contribution in [-0.4, -0.2) is 62.8 Å². The molecular weight excluding hydrogens is 451 g/mol. The van der Waals surface area contributed by atoms with Crippen LogP contribution < -0.4 is 10.2 Å². The first-order valence-electron chi connectivity index (χ1n) is 10.2. The number of guanidine groups is 1. The van der Waals surface area contributed by atoms with Crippen LogP contribution >= 0.6 is 24.0 Å². The number of fused-ring (bicyclic) bond motifs is 1. The number of aliphatic imine (C=N–C) groups is 1. The Bertz CT molecular complexity index is 659. The summed E-state index contributed by atoms with van der Waals surface area (Å²) in [5, 5.41) is 3.50. The lowest BCUT2D eigenvalue weighted by molar-refractivity contribution is 0.156. The van der Waals surface area contributed by atoms with Gasteiger partial charge in [-0.1, -0.05) is 18.2 Å². The monoisotopic (exact) mass is 484 g/mol. The van der Waals surface area contributed by atoms with Crippen molar-refractivity contribution in [3.8, 4) is 0 Å². The van der Waals surface area contributed by atoms with Crippen LogP contribution in [0.4, 0.5) is 5.69 Å². The maximum atomic E-state index is 5.67. The van der Waals surface area contributed by atoms with Gasteiger partial charge in [0.15, 0.2) is 5.96 Å². The molecule has 0 aromatic heterocycles. The Labute approximate surface area is 180 Å². The molecular formula is C21H33IN4O. The lowest BCUT2D eigenvalue weighted by Gasteiger charge is -2.26. The van der Waals surface area contributed by atoms with E-state index in [1.54, 1.807) is 0 Å². The predicted octanol–water partition coefficient (Wildman–Crippen LogP) is 3.13. The fraction of sp³-hybridized carbons (Fsp3) is 0.667. The third kappa shape index (κ3) is 4.36. The molecule has 4 rings (SSSR count). The van der Waals surface area contributed by atoms with E-state index in [-0.39, 0.29) is 24.0 Å². The van der Waals surface area contributed by atoms with E-state index < -0.39 is 0 Å². The van der Waals surface area contributed by atoms with Crippen molar-refractivity contribution in [1.29, 1.82) is 0 Å². The summed E-state index contributed by atoms with van der Waals surface area (Å²) >= 11 is 0. The highest BCUT2D eigenvalue weighted by Crippen LogP contribution is 2.38. The number of hydrogen-bond acceptors (Lipinski definition) is 3. The van der Waals surface area contributed by atoms with Crippen molar-refractivity contribution >= 4 is 35.6 Å². The van der Waals surface area contributed by atoms with Gasteiger partial charge in [0.05, 0.1) is 13.2 Å². The van der Waals surface area contributed by atoms with Crippen LogP contribution in [-0.2, 0) is 11.2 Å². The second-order valence-corrected chi connectivity index (χ2v) is 8.09. The summed E-state index contributed by atoms with van der Waals surface area (Å²) in [6.07, 6.45) is 3.58. The van der Waals surface area contributed by atoms with Gasteiger partial charge >= 0.3 is 0 Å². The van der Waals surface area contributed by atoms with Crippen molar-refractivity contribution in [2.24, 2.45) is 10.4 Å². The average Bonchev–Trinajstić information content (AvgIpc) is 3.35. The molecule has 3 heterocycles. The van der Waals surface area contributed by atoms with Gasteiger partial charge < -0.3 is 19.9 Å². The van der Waals surface area contributed by atoms with Gasteiger partial charge in [-0.3, -0.25) is 4.99 Å². The molecule has 5 nitrogen and oxygen atoms in total. The van der Waals surface area contributed by atoms with Crippen molar-refractivity contribution in [3.05, 3.63) is 29.8 Å². The van der Waals surface area contributed by atoms with E-state index in [4.69, 9.17) is 9.73 Å². The number of rotatable bonds is 4. The number of halogens is 1. The summed E-state index contributed by atoms with van der Waals surface area (Å²) in [4.78, 5) is 9.93. The molecule has 3 aliphatic rings. The maximum Gasteiger partial charge on any atom is 0.193 e. The maximum absolute atomic E-state index is 5.67. The molecule has 3 aliphatic heterocycles. The van der Waals surface area contributed by atoms with Crippen molar-refractivity contribution in [2.75, 3.05) is 50.8 Å². The Morgan fingerprint density at radius 3 is 2.96 bits per heavy atom. The van der Waals surface area contributed by atoms with Crippen LogP contribution in [0.3, 0.4) is 0 Å². The van der Waals surface area contributed by atoms with Crippen LogP contribution in [0.1, 0.15) is 32.3 Å². The van der Waals surface area contributed by atoms with Crippen molar-refractivity contribution in [1.82, 2.24) is 10.2 Å². The Balaban J connectivity index is 0.00000210. The van der Waals surface area contributed by atoms with Gasteiger partial charge in [-0.05, 0) is 44.7 Å². The van der Waals surface area contributed by atoms with Gasteiger partial charge in [-0.25, -0.2) is 0 Å². The SMILES string of the molecule is CCNC(=NCCN1c2ccccc2CC1C)N1CCC2(CCOC2)C1.I. The summed E-state index contributed by atoms with van der Waals surface area (Å²) in [6.45, 7) is 11.2. The van der Waals surface area contributed by atoms with E-state index >= 15 is 0 Å². The molecule has 27 heavy (non-hydrogen) atoms. The van der Waals surface area contributed by atoms with Gasteiger partial charge in [0.2, 0.25) is 0 Å². The highest BCUT2D eigenvalue weighted by atomic mass is 127. The quantitative estimate of drug-likeness (QED) is 0.405. The van der Waals surface area contributed by atoms with E-state index in [1.165, 1.54) is 24.1 Å². The molecule has 2 saturated heterocycles. The first kappa shape index (κ1) is 20.7. The lowest BCUT2D eigenvalue weighted by Crippen LogP contribution is -2.42. The van der Waals surface area contributed by atoms with E-state index in [9.17, 15) is 0 Å². The summed E-state index contributed by atoms with van der Waals surface area (Å²) < 4.78 is 5.67. The van der Waals surface area contributed by atoms with E-state index in [2.05, 4.69) is 53.2 Å². The van der Waals surface area contributed by atoms with Crippen LogP contribution in [0.25, 0.3) is 0 Å². The third-order valence-electron chi connectivity index (χ3n) is 6.21. The molecule has 0 saturated carbocycles. The number of nitrogens with zero attached hydrogens (tertiary/aromatic N) is 3. The standard InChI is InChI=1S/C21H32N4O.HI/c1-3-22-20(24-11-8-21(15-24)9-13-26-16-21)23-10-12-25-17(2)14-18-6-4-5-7-19(18)25;/h4-7,17H,3,8-16H2,1-2H3,(H,22,23);1H. The third-order valence-corrected chi connectivity index (χ3v) is 6.21. The van der Waals surface area contributed by atoms with Gasteiger partial charge in [-0.15, -0.1) is 24.0 Å². The number of nitrogens with one attached hydrogen (secondary N) is 1. The first-order chi connectivity index (χ1) is 12.7. The van der Waals surface area contributed by atoms with Crippen LogP contribution in [0.5, 0.6) is 0 Å². The summed E-state index contributed by atoms with van der Waals surface area (Å²) in [7, 11) is 0. The Morgan fingerprint density at radius 2 is 2.19 bits per heavy atom. The molecule has 0 radical (unpaired) electrons. The molecule has 1 aromatic carbocycles. The molecule has 150 valence electrons. The summed E-state index contributed by atoms with van der Waals surface area (Å²) in [6, 6.07) is 9.36. The molecule has 1 aromatic rings. The highest BCUT2D eigenvalue weighted by Gasteiger charge is 2.42. The Hall–Kier alpha value is -1.02. The van der Waals surface area contributed by atoms with Gasteiger partial charge in [0, 0.05) is 49.9 Å². The topological polar surface area (TPSA) is 40.1 Å². The van der Waals surface area contributed by atoms with E-state index in [0.717, 1.165) is 58.3 Å². The van der Waals surface area contributed by atoms with Gasteiger partial charge in [0.1, 0.15) is 0 Å². The zero-order chi connectivity index (χ0) is 18.0. The van der Waals surface area contributed by atoms with Gasteiger partial charge in [0.25, 0.3) is 0 Å². The summed E-state index contributed by atoms with van der Waals surface area (Å²) in [5.41, 5.74) is 3.24. The lowest BCUT2D eigenvalue weighted by atomic mass is 9.87. The molecule has 0 bridgehead atoms. The largest absolute Gasteiger partial charge is 0.381 e. The average molecular weight is 484 g/mol. The number of likely N-dealkylation sites (tertiary alicyclic amines) is 1. The van der Waals surface area contributed by atoms with Crippen LogP contribution in [0, 0.1) is 5.41 Å². The Kier molecular flexibility index (Phi) is 6.89. The number of benzene rings is 1. The molecule has 2 atom stereocenters. The number of anilines is 1. The fourth-order valence-electron chi connectivity index (χ4n) is 4.75. The number of para-hydroxylation sites is 1. The smallest absolute Gasteiger partial charge is 0.193 e. The number of hydrogen-bond donors (Lipinski definition) is 1. The van der Waals surface area contributed by atoms with Crippen molar-refractivity contribution in [3.63, 3.8) is 0 Å². The minimum atomic E-state index is 0. The molecule has 6 heteroatoms. The molecule has 1 N–H and O–H groups in total. The molecule has 2 fully saturated rings. The van der Waals surface area contributed by atoms with Crippen molar-refractivity contribution in [2.45, 2.75) is 39.2 Å². The fourth-order valence-corrected chi connectivity index (χ4v) is 4.75. The molecule has 0 amide bonds. The van der Waals surface area contributed by atoms with Crippen molar-refractivity contribution < 1.29 is 4.74 Å². The highest BCUT2D eigenvalue weighted by molar-refractivity contribution is 14.0. The minimum absolute atomic E-state index is 0. The molecule has 1 spiro atoms. The molecule has 2 unspecified atom stereocenters. The predicted molar refractivity (Wildman–Crippen MR) is 122 cm³/mol. The zero-order valence-corrected chi connectivity index (χ0v) is 18.9. The minimum Gasteiger partial charge on any atom is -0.381 e.